The zero-order valence-corrected chi connectivity index (χ0v) is 11.4. The van der Waals surface area contributed by atoms with Crippen LogP contribution in [-0.4, -0.2) is 11.1 Å². The largest absolute Gasteiger partial charge is 0.350 e. The molecule has 0 aliphatic carbocycles. The Bertz CT molecular complexity index is 307. The van der Waals surface area contributed by atoms with Crippen LogP contribution in [0.1, 0.15) is 52.8 Å². The summed E-state index contributed by atoms with van der Waals surface area (Å²) in [6.07, 6.45) is 3.41. The Morgan fingerprint density at radius 3 is 2.62 bits per heavy atom. The smallest absolute Gasteiger partial charge is 0.0446 e. The van der Waals surface area contributed by atoms with Crippen molar-refractivity contribution in [2.45, 2.75) is 53.6 Å². The minimum Gasteiger partial charge on any atom is -0.350 e. The number of nitrogens with zero attached hydrogens (tertiary/aromatic N) is 1. The molecule has 0 fully saturated rings. The zero-order valence-electron chi connectivity index (χ0n) is 11.4. The molecule has 0 saturated carbocycles. The van der Waals surface area contributed by atoms with E-state index in [1.807, 2.05) is 0 Å². The molecule has 1 aromatic heterocycles. The van der Waals surface area contributed by atoms with Gasteiger partial charge in [0.2, 0.25) is 0 Å². The van der Waals surface area contributed by atoms with Crippen LogP contribution in [0, 0.1) is 5.41 Å². The molecule has 16 heavy (non-hydrogen) atoms. The molecular formula is C14H26N2. The van der Waals surface area contributed by atoms with E-state index in [9.17, 15) is 0 Å². The van der Waals surface area contributed by atoms with Crippen molar-refractivity contribution in [1.82, 2.24) is 9.88 Å². The van der Waals surface area contributed by atoms with Crippen LogP contribution in [0.2, 0.25) is 0 Å². The van der Waals surface area contributed by atoms with Gasteiger partial charge in [-0.2, -0.15) is 0 Å². The van der Waals surface area contributed by atoms with Gasteiger partial charge < -0.3 is 9.88 Å². The molecular weight excluding hydrogens is 196 g/mol. The van der Waals surface area contributed by atoms with Crippen molar-refractivity contribution in [1.29, 1.82) is 0 Å². The van der Waals surface area contributed by atoms with E-state index in [-0.39, 0.29) is 0 Å². The second kappa shape index (κ2) is 5.53. The van der Waals surface area contributed by atoms with Crippen LogP contribution in [0.15, 0.2) is 18.3 Å². The number of aryl methyl sites for hydroxylation is 1. The molecule has 2 nitrogen and oxygen atoms in total. The maximum Gasteiger partial charge on any atom is 0.0446 e. The number of nitrogens with one attached hydrogen (secondary N) is 1. The Hall–Kier alpha value is -0.760. The lowest BCUT2D eigenvalue weighted by Gasteiger charge is -2.21. The van der Waals surface area contributed by atoms with E-state index >= 15 is 0 Å². The normalized spacial score (nSPS) is 14.1. The van der Waals surface area contributed by atoms with Crippen molar-refractivity contribution in [2.75, 3.05) is 6.54 Å². The van der Waals surface area contributed by atoms with Gasteiger partial charge in [0.1, 0.15) is 0 Å². The lowest BCUT2D eigenvalue weighted by Crippen LogP contribution is -2.21. The van der Waals surface area contributed by atoms with Crippen molar-refractivity contribution < 1.29 is 0 Å². The van der Waals surface area contributed by atoms with Crippen LogP contribution in [0.5, 0.6) is 0 Å². The van der Waals surface area contributed by atoms with Gasteiger partial charge in [0, 0.05) is 24.5 Å². The molecule has 2 heteroatoms. The average molecular weight is 222 g/mol. The van der Waals surface area contributed by atoms with Crippen LogP contribution >= 0.6 is 0 Å². The third-order valence-corrected chi connectivity index (χ3v) is 2.92. The van der Waals surface area contributed by atoms with Crippen LogP contribution in [0.25, 0.3) is 0 Å². The van der Waals surface area contributed by atoms with Crippen molar-refractivity contribution in [3.8, 4) is 0 Å². The molecule has 0 aliphatic rings. The maximum absolute atomic E-state index is 3.46. The highest BCUT2D eigenvalue weighted by molar-refractivity contribution is 5.11. The minimum absolute atomic E-state index is 0.406. The Balaban J connectivity index is 2.63. The Labute approximate surface area is 100 Å². The van der Waals surface area contributed by atoms with E-state index in [1.165, 1.54) is 12.1 Å². The lowest BCUT2D eigenvalue weighted by atomic mass is 9.92. The molecule has 92 valence electrons. The highest BCUT2D eigenvalue weighted by atomic mass is 15.0. The first-order valence-corrected chi connectivity index (χ1v) is 6.32. The third kappa shape index (κ3) is 4.01. The molecule has 0 spiro atoms. The first-order chi connectivity index (χ1) is 7.44. The molecule has 1 rings (SSSR count). The predicted octanol–water partition coefficient (Wildman–Crippen LogP) is 3.59. The highest BCUT2D eigenvalue weighted by Crippen LogP contribution is 2.21. The Morgan fingerprint density at radius 1 is 1.38 bits per heavy atom. The fraction of sp³-hybridized carbons (Fsp3) is 0.714. The van der Waals surface area contributed by atoms with E-state index in [0.29, 0.717) is 11.5 Å². The fourth-order valence-electron chi connectivity index (χ4n) is 1.89. The van der Waals surface area contributed by atoms with E-state index in [4.69, 9.17) is 0 Å². The zero-order chi connectivity index (χ0) is 12.2. The summed E-state index contributed by atoms with van der Waals surface area (Å²) < 4.78 is 2.37. The van der Waals surface area contributed by atoms with Crippen molar-refractivity contribution in [3.63, 3.8) is 0 Å². The second-order valence-corrected chi connectivity index (χ2v) is 5.72. The van der Waals surface area contributed by atoms with Gasteiger partial charge in [0.05, 0.1) is 0 Å². The molecule has 1 atom stereocenters. The molecule has 0 aliphatic heterocycles. The minimum atomic E-state index is 0.406. The van der Waals surface area contributed by atoms with Crippen molar-refractivity contribution in [3.05, 3.63) is 24.0 Å². The number of hydrogen-bond acceptors (Lipinski definition) is 1. The third-order valence-electron chi connectivity index (χ3n) is 2.92. The fourth-order valence-corrected chi connectivity index (χ4v) is 1.89. The molecule has 0 saturated heterocycles. The number of rotatable bonds is 5. The van der Waals surface area contributed by atoms with E-state index in [2.05, 4.69) is 62.8 Å². The van der Waals surface area contributed by atoms with Gasteiger partial charge in [0.25, 0.3) is 0 Å². The van der Waals surface area contributed by atoms with Gasteiger partial charge in [-0.15, -0.1) is 0 Å². The molecule has 0 amide bonds. The monoisotopic (exact) mass is 222 g/mol. The average Bonchev–Trinajstić information content (AvgIpc) is 2.61. The maximum atomic E-state index is 3.46. The summed E-state index contributed by atoms with van der Waals surface area (Å²) in [7, 11) is 0. The van der Waals surface area contributed by atoms with E-state index in [0.717, 1.165) is 13.1 Å². The summed E-state index contributed by atoms with van der Waals surface area (Å²) in [6, 6.07) is 4.81. The molecule has 1 unspecified atom stereocenters. The quantitative estimate of drug-likeness (QED) is 0.805. The Morgan fingerprint density at radius 2 is 2.06 bits per heavy atom. The predicted molar refractivity (Wildman–Crippen MR) is 70.6 cm³/mol. The van der Waals surface area contributed by atoms with Crippen molar-refractivity contribution >= 4 is 0 Å². The molecule has 0 radical (unpaired) electrons. The molecule has 1 aromatic rings. The number of hydrogen-bond donors (Lipinski definition) is 1. The van der Waals surface area contributed by atoms with Crippen LogP contribution in [0.4, 0.5) is 0 Å². The van der Waals surface area contributed by atoms with E-state index < -0.39 is 0 Å². The van der Waals surface area contributed by atoms with Crippen LogP contribution in [-0.2, 0) is 6.54 Å². The SMILES string of the molecule is CCNC(C)c1cccn1CCC(C)(C)C. The van der Waals surface area contributed by atoms with Crippen molar-refractivity contribution in [2.24, 2.45) is 5.41 Å². The van der Waals surface area contributed by atoms with Gasteiger partial charge in [-0.1, -0.05) is 27.7 Å². The highest BCUT2D eigenvalue weighted by Gasteiger charge is 2.13. The second-order valence-electron chi connectivity index (χ2n) is 5.72. The summed E-state index contributed by atoms with van der Waals surface area (Å²) >= 11 is 0. The summed E-state index contributed by atoms with van der Waals surface area (Å²) in [5.74, 6) is 0. The van der Waals surface area contributed by atoms with Gasteiger partial charge in [0.15, 0.2) is 0 Å². The van der Waals surface area contributed by atoms with Gasteiger partial charge in [-0.25, -0.2) is 0 Å². The molecule has 0 aromatic carbocycles. The summed E-state index contributed by atoms with van der Waals surface area (Å²) in [6.45, 7) is 13.4. The van der Waals surface area contributed by atoms with Gasteiger partial charge in [-0.05, 0) is 37.4 Å². The van der Waals surface area contributed by atoms with Gasteiger partial charge in [-0.3, -0.25) is 0 Å². The summed E-state index contributed by atoms with van der Waals surface area (Å²) in [5.41, 5.74) is 1.80. The van der Waals surface area contributed by atoms with Crippen LogP contribution < -0.4 is 5.32 Å². The molecule has 1 heterocycles. The first kappa shape index (κ1) is 13.3. The first-order valence-electron chi connectivity index (χ1n) is 6.32. The van der Waals surface area contributed by atoms with Gasteiger partial charge >= 0.3 is 0 Å². The Kier molecular flexibility index (Phi) is 4.60. The topological polar surface area (TPSA) is 17.0 Å². The lowest BCUT2D eigenvalue weighted by molar-refractivity contribution is 0.345. The number of aromatic nitrogens is 1. The standard InChI is InChI=1S/C14H26N2/c1-6-15-12(2)13-8-7-10-16(13)11-9-14(3,4)5/h7-8,10,12,15H,6,9,11H2,1-5H3. The summed E-state index contributed by atoms with van der Waals surface area (Å²) in [5, 5.41) is 3.46. The summed E-state index contributed by atoms with van der Waals surface area (Å²) in [4.78, 5) is 0. The van der Waals surface area contributed by atoms with Crippen LogP contribution in [0.3, 0.4) is 0 Å². The molecule has 1 N–H and O–H groups in total. The molecule has 0 bridgehead atoms. The van der Waals surface area contributed by atoms with E-state index in [1.54, 1.807) is 0 Å².